The summed E-state index contributed by atoms with van der Waals surface area (Å²) in [5.74, 6) is -0.0862. The number of Topliss-reactive ketones (excluding diaryl/α,β-unsaturated/α-hetero) is 2. The van der Waals surface area contributed by atoms with Crippen LogP contribution in [-0.4, -0.2) is 11.6 Å². The first kappa shape index (κ1) is 27.7. The van der Waals surface area contributed by atoms with Crippen molar-refractivity contribution in [1.82, 2.24) is 0 Å². The third-order valence-corrected chi connectivity index (χ3v) is 6.90. The van der Waals surface area contributed by atoms with Crippen LogP contribution in [0.4, 0.5) is 0 Å². The third kappa shape index (κ3) is 4.75. The molecule has 0 unspecified atom stereocenters. The van der Waals surface area contributed by atoms with Crippen molar-refractivity contribution in [2.75, 3.05) is 0 Å². The number of hydrogen-bond acceptors (Lipinski definition) is 4. The van der Waals surface area contributed by atoms with E-state index < -0.39 is 21.7 Å². The quantitative estimate of drug-likeness (QED) is 0.534. The molecule has 192 valence electrons. The molecule has 0 spiro atoms. The maximum Gasteiger partial charge on any atom is 0.202 e. The van der Waals surface area contributed by atoms with Crippen molar-refractivity contribution in [3.05, 3.63) is 77.5 Å². The van der Waals surface area contributed by atoms with Gasteiger partial charge in [-0.15, -0.1) is 0 Å². The molecular formula is C32H40O4. The van der Waals surface area contributed by atoms with Gasteiger partial charge in [-0.3, -0.25) is 19.2 Å². The van der Waals surface area contributed by atoms with Crippen LogP contribution in [0, 0.1) is 21.7 Å². The minimum atomic E-state index is -0.441. The Bertz CT molecular complexity index is 1280. The average molecular weight is 489 g/mol. The number of hydrogen-bond donors (Lipinski definition) is 0. The molecule has 36 heavy (non-hydrogen) atoms. The smallest absolute Gasteiger partial charge is 0.202 e. The van der Waals surface area contributed by atoms with E-state index in [-0.39, 0.29) is 32.9 Å². The maximum atomic E-state index is 13.5. The van der Waals surface area contributed by atoms with E-state index in [1.165, 1.54) is 0 Å². The fourth-order valence-electron chi connectivity index (χ4n) is 4.69. The van der Waals surface area contributed by atoms with Crippen LogP contribution < -0.4 is 21.3 Å². The highest BCUT2D eigenvalue weighted by Crippen LogP contribution is 2.40. The Morgan fingerprint density at radius 2 is 0.583 bits per heavy atom. The van der Waals surface area contributed by atoms with Crippen molar-refractivity contribution in [2.45, 2.75) is 83.1 Å². The van der Waals surface area contributed by atoms with Gasteiger partial charge in [-0.2, -0.15) is 0 Å². The molecule has 0 saturated carbocycles. The molecule has 0 aliphatic heterocycles. The monoisotopic (exact) mass is 488 g/mol. The molecule has 0 N–H and O–H groups in total. The summed E-state index contributed by atoms with van der Waals surface area (Å²) in [7, 11) is 0. The molecule has 2 aliphatic carbocycles. The van der Waals surface area contributed by atoms with Crippen molar-refractivity contribution in [3.63, 3.8) is 0 Å². The van der Waals surface area contributed by atoms with Crippen molar-refractivity contribution in [3.8, 4) is 0 Å². The highest BCUT2D eigenvalue weighted by molar-refractivity contribution is 6.15. The second-order valence-corrected chi connectivity index (χ2v) is 14.2. The van der Waals surface area contributed by atoms with E-state index in [1.54, 1.807) is 24.3 Å². The maximum absolute atomic E-state index is 13.5. The largest absolute Gasteiger partial charge is 0.289 e. The van der Waals surface area contributed by atoms with E-state index in [0.29, 0.717) is 33.4 Å². The van der Waals surface area contributed by atoms with Crippen LogP contribution in [0.25, 0.3) is 11.1 Å². The Kier molecular flexibility index (Phi) is 6.41. The minimum absolute atomic E-state index is 0.0431. The fourth-order valence-corrected chi connectivity index (χ4v) is 4.69. The van der Waals surface area contributed by atoms with Gasteiger partial charge < -0.3 is 0 Å². The molecule has 0 fully saturated rings. The Balaban J connectivity index is 2.45. The fraction of sp³-hybridized carbons (Fsp3) is 0.500. The van der Waals surface area contributed by atoms with Gasteiger partial charge in [0, 0.05) is 22.3 Å². The first-order valence-electron chi connectivity index (χ1n) is 12.6. The molecule has 3 rings (SSSR count). The summed E-state index contributed by atoms with van der Waals surface area (Å²) < 4.78 is 0. The van der Waals surface area contributed by atoms with E-state index >= 15 is 0 Å². The molecule has 2 aliphatic rings. The Morgan fingerprint density at radius 3 is 0.750 bits per heavy atom. The predicted octanol–water partition coefficient (Wildman–Crippen LogP) is 4.64. The molecule has 0 heterocycles. The van der Waals surface area contributed by atoms with Crippen LogP contribution in [0.5, 0.6) is 0 Å². The van der Waals surface area contributed by atoms with Crippen LogP contribution in [0.15, 0.2) is 56.2 Å². The first-order valence-corrected chi connectivity index (χ1v) is 12.6. The van der Waals surface area contributed by atoms with Gasteiger partial charge in [-0.25, -0.2) is 0 Å². The van der Waals surface area contributed by atoms with Gasteiger partial charge in [0.05, 0.1) is 10.4 Å². The van der Waals surface area contributed by atoms with Gasteiger partial charge in [-0.05, 0) is 57.1 Å². The van der Waals surface area contributed by atoms with Gasteiger partial charge in [0.2, 0.25) is 10.9 Å². The summed E-state index contributed by atoms with van der Waals surface area (Å²) in [6.07, 6.45) is 6.84. The lowest BCUT2D eigenvalue weighted by Crippen LogP contribution is -2.66. The van der Waals surface area contributed by atoms with Crippen LogP contribution in [0.3, 0.4) is 0 Å². The SMILES string of the molecule is CC(C)(C)C1=CC(=c2c(=O)c(=C3C=C(C(C)(C)C)C(=O)C(C(C)(C)C)=C3)c2=O)C=C(C(C)(C)C)C1=O. The third-order valence-electron chi connectivity index (χ3n) is 6.90. The number of carbonyl (C=O) groups is 2. The zero-order chi connectivity index (χ0) is 27.8. The molecule has 0 aromatic heterocycles. The molecule has 4 heteroatoms. The zero-order valence-electron chi connectivity index (χ0n) is 23.9. The van der Waals surface area contributed by atoms with Gasteiger partial charge in [0.1, 0.15) is 0 Å². The predicted molar refractivity (Wildman–Crippen MR) is 148 cm³/mol. The molecule has 1 aromatic carbocycles. The topological polar surface area (TPSA) is 68.3 Å². The number of allylic oxidation sites excluding steroid dienone is 8. The number of carbonyl (C=O) groups excluding carboxylic acids is 2. The van der Waals surface area contributed by atoms with Crippen molar-refractivity contribution in [1.29, 1.82) is 0 Å². The van der Waals surface area contributed by atoms with Crippen molar-refractivity contribution >= 4 is 22.7 Å². The molecule has 0 atom stereocenters. The minimum Gasteiger partial charge on any atom is -0.289 e. The Morgan fingerprint density at radius 1 is 0.389 bits per heavy atom. The standard InChI is InChI=1S/C32H40O4/c1-29(2,3)19-13-17(14-20(25(19)33)30(4,5)6)23-27(35)24(28(23)36)18-15-21(31(7,8)9)26(34)22(16-18)32(10,11)12/h13-16H,1-12H3. The molecular weight excluding hydrogens is 448 g/mol. The second kappa shape index (κ2) is 8.33. The molecule has 0 radical (unpaired) electrons. The zero-order valence-corrected chi connectivity index (χ0v) is 23.9. The van der Waals surface area contributed by atoms with Crippen LogP contribution in [-0.2, 0) is 9.59 Å². The molecule has 0 amide bonds. The van der Waals surface area contributed by atoms with Gasteiger partial charge >= 0.3 is 0 Å². The van der Waals surface area contributed by atoms with E-state index in [4.69, 9.17) is 0 Å². The van der Waals surface area contributed by atoms with E-state index in [2.05, 4.69) is 0 Å². The average Bonchev–Trinajstić information content (AvgIpc) is 2.66. The van der Waals surface area contributed by atoms with E-state index in [1.807, 2.05) is 83.1 Å². The van der Waals surface area contributed by atoms with Gasteiger partial charge in [0.15, 0.2) is 11.6 Å². The lowest BCUT2D eigenvalue weighted by atomic mass is 9.71. The highest BCUT2D eigenvalue weighted by atomic mass is 16.1. The highest BCUT2D eigenvalue weighted by Gasteiger charge is 2.36. The summed E-state index contributed by atoms with van der Waals surface area (Å²) >= 11 is 0. The van der Waals surface area contributed by atoms with Gasteiger partial charge in [0.25, 0.3) is 0 Å². The van der Waals surface area contributed by atoms with Gasteiger partial charge in [-0.1, -0.05) is 83.1 Å². The Hall–Kier alpha value is -2.88. The number of rotatable bonds is 0. The van der Waals surface area contributed by atoms with E-state index in [0.717, 1.165) is 0 Å². The first-order chi connectivity index (χ1) is 16.1. The lowest BCUT2D eigenvalue weighted by molar-refractivity contribution is -0.114. The van der Waals surface area contributed by atoms with Crippen molar-refractivity contribution in [2.24, 2.45) is 21.7 Å². The van der Waals surface area contributed by atoms with Crippen LogP contribution in [0.1, 0.15) is 83.1 Å². The number of ketones is 2. The molecule has 1 aromatic rings. The molecule has 0 saturated heterocycles. The summed E-state index contributed by atoms with van der Waals surface area (Å²) in [6.45, 7) is 23.5. The normalized spacial score (nSPS) is 18.3. The van der Waals surface area contributed by atoms with Crippen LogP contribution >= 0.6 is 0 Å². The summed E-state index contributed by atoms with van der Waals surface area (Å²) in [4.78, 5) is 53.6. The summed E-state index contributed by atoms with van der Waals surface area (Å²) in [5, 5.41) is 0.226. The van der Waals surface area contributed by atoms with E-state index in [9.17, 15) is 19.2 Å². The lowest BCUT2D eigenvalue weighted by Gasteiger charge is -2.31. The molecule has 4 nitrogen and oxygen atoms in total. The van der Waals surface area contributed by atoms with Crippen molar-refractivity contribution < 1.29 is 9.59 Å². The van der Waals surface area contributed by atoms with Crippen LogP contribution in [0.2, 0.25) is 0 Å². The molecule has 0 bridgehead atoms. The second-order valence-electron chi connectivity index (χ2n) is 14.2. The summed E-state index contributed by atoms with van der Waals surface area (Å²) in [5.41, 5.74) is 0.914. The Labute approximate surface area is 214 Å². The summed E-state index contributed by atoms with van der Waals surface area (Å²) in [6, 6.07) is 0.